The molecule has 0 rings (SSSR count). The van der Waals surface area contributed by atoms with Gasteiger partial charge in [-0.2, -0.15) is 0 Å². The molecule has 0 aromatic heterocycles. The van der Waals surface area contributed by atoms with Crippen molar-refractivity contribution in [3.05, 3.63) is 182 Å². The van der Waals surface area contributed by atoms with Crippen LogP contribution in [-0.2, 0) is 55.8 Å². The highest BCUT2D eigenvalue weighted by atomic mass is 31.2. The molecule has 0 saturated heterocycles. The Labute approximate surface area is 573 Å². The zero-order valence-corrected chi connectivity index (χ0v) is 59.8. The van der Waals surface area contributed by atoms with Gasteiger partial charge in [0.05, 0.1) is 26.4 Å². The highest BCUT2D eigenvalue weighted by Gasteiger charge is 2.29. The van der Waals surface area contributed by atoms with E-state index in [4.69, 9.17) is 32.3 Å². The summed E-state index contributed by atoms with van der Waals surface area (Å²) in [6, 6.07) is 0. The summed E-state index contributed by atoms with van der Waals surface area (Å²) in [5, 5.41) is 20.6. The van der Waals surface area contributed by atoms with Crippen molar-refractivity contribution < 1.29 is 75.8 Å². The van der Waals surface area contributed by atoms with Crippen molar-refractivity contribution in [2.75, 3.05) is 39.6 Å². The molecule has 95 heavy (non-hydrogen) atoms. The first kappa shape index (κ1) is 89.6. The highest BCUT2D eigenvalue weighted by molar-refractivity contribution is 7.47. The molecule has 4 N–H and O–H groups in total. The SMILES string of the molecule is CC/C=C\C/C=C\C/C=C\C/C=C\C/C=C\C/C=C\CCCCC(=O)OCC(O)COP(=O)(O)OCC(O)COP(=O)(O)OCC(COC(=O)CCCCCCC/C=C\C/C=C\C/C=C\C/C=C\C/C=C\CC)OC(=O)CCCCCC/C=C\C/C=C\C/C=C\C/C=C\CC. The van der Waals surface area contributed by atoms with Crippen LogP contribution in [0.3, 0.4) is 0 Å². The Bertz CT molecular complexity index is 2460. The Morgan fingerprint density at radius 3 is 0.853 bits per heavy atom. The number of aliphatic hydroxyl groups excluding tert-OH is 2. The number of carbonyl (C=O) groups excluding carboxylic acids is 3. The third-order valence-electron chi connectivity index (χ3n) is 13.6. The van der Waals surface area contributed by atoms with Crippen molar-refractivity contribution in [2.45, 2.75) is 245 Å². The Balaban J connectivity index is 4.81. The van der Waals surface area contributed by atoms with Crippen LogP contribution in [0.1, 0.15) is 226 Å². The van der Waals surface area contributed by atoms with Gasteiger partial charge in [-0.05, 0) is 154 Å². The van der Waals surface area contributed by atoms with Crippen LogP contribution in [0.2, 0.25) is 0 Å². The van der Waals surface area contributed by atoms with E-state index < -0.39 is 91.5 Å². The van der Waals surface area contributed by atoms with Gasteiger partial charge >= 0.3 is 33.6 Å². The normalized spacial score (nSPS) is 15.2. The fraction of sp³-hybridized carbons (Fsp3) is 0.571. The van der Waals surface area contributed by atoms with E-state index in [1.165, 1.54) is 0 Å². The molecule has 0 saturated carbocycles. The number of esters is 3. The van der Waals surface area contributed by atoms with E-state index >= 15 is 0 Å². The number of hydrogen-bond acceptors (Lipinski definition) is 14. The van der Waals surface area contributed by atoms with Crippen molar-refractivity contribution >= 4 is 33.6 Å². The lowest BCUT2D eigenvalue weighted by atomic mass is 10.1. The number of aliphatic hydroxyl groups is 2. The summed E-state index contributed by atoms with van der Waals surface area (Å²) in [5.41, 5.74) is 0. The summed E-state index contributed by atoms with van der Waals surface area (Å²) >= 11 is 0. The molecular weight excluding hydrogens is 1240 g/mol. The van der Waals surface area contributed by atoms with E-state index in [1.54, 1.807) is 0 Å². The predicted octanol–water partition coefficient (Wildman–Crippen LogP) is 19.9. The molecule has 16 nitrogen and oxygen atoms in total. The van der Waals surface area contributed by atoms with Crippen LogP contribution >= 0.6 is 15.6 Å². The molecule has 18 heteroatoms. The minimum absolute atomic E-state index is 0.0626. The molecule has 0 aromatic carbocycles. The van der Waals surface area contributed by atoms with Gasteiger partial charge in [0.1, 0.15) is 25.4 Å². The third kappa shape index (κ3) is 69.8. The maximum atomic E-state index is 12.9. The Hall–Kier alpha value is -5.35. The molecule has 0 aromatic rings. The van der Waals surface area contributed by atoms with E-state index in [0.717, 1.165) is 167 Å². The van der Waals surface area contributed by atoms with Crippen molar-refractivity contribution in [1.29, 1.82) is 0 Å². The number of allylic oxidation sites excluding steroid dienone is 30. The van der Waals surface area contributed by atoms with Gasteiger partial charge in [-0.15, -0.1) is 0 Å². The van der Waals surface area contributed by atoms with Gasteiger partial charge in [-0.25, -0.2) is 9.13 Å². The first-order valence-electron chi connectivity index (χ1n) is 35.1. The molecule has 0 aliphatic carbocycles. The van der Waals surface area contributed by atoms with E-state index in [1.807, 2.05) is 0 Å². The van der Waals surface area contributed by atoms with Crippen LogP contribution < -0.4 is 0 Å². The second kappa shape index (κ2) is 68.6. The van der Waals surface area contributed by atoms with E-state index in [9.17, 15) is 43.5 Å². The number of rotatable bonds is 64. The van der Waals surface area contributed by atoms with Crippen LogP contribution in [-0.4, -0.2) is 95.9 Å². The van der Waals surface area contributed by atoms with Gasteiger partial charge in [0.2, 0.25) is 0 Å². The van der Waals surface area contributed by atoms with Crippen molar-refractivity contribution in [2.24, 2.45) is 0 Å². The number of phosphoric acid groups is 2. The second-order valence-electron chi connectivity index (χ2n) is 22.5. The van der Waals surface area contributed by atoms with Gasteiger partial charge < -0.3 is 34.2 Å². The molecule has 0 amide bonds. The summed E-state index contributed by atoms with van der Waals surface area (Å²) in [5.74, 6) is -1.68. The largest absolute Gasteiger partial charge is 0.472 e. The number of hydrogen-bond donors (Lipinski definition) is 4. The average Bonchev–Trinajstić information content (AvgIpc) is 1.99. The maximum absolute atomic E-state index is 12.9. The monoisotopic (exact) mass is 1360 g/mol. The molecule has 0 aliphatic rings. The quantitative estimate of drug-likeness (QED) is 0.0146. The molecule has 0 aliphatic heterocycles. The lowest BCUT2D eigenvalue weighted by Gasteiger charge is -2.21. The summed E-state index contributed by atoms with van der Waals surface area (Å²) < 4.78 is 60.9. The van der Waals surface area contributed by atoms with Crippen LogP contribution in [0.25, 0.3) is 0 Å². The number of phosphoric ester groups is 2. The van der Waals surface area contributed by atoms with Crippen LogP contribution in [0.4, 0.5) is 0 Å². The van der Waals surface area contributed by atoms with Crippen molar-refractivity contribution in [3.8, 4) is 0 Å². The smallest absolute Gasteiger partial charge is 0.463 e. The molecule has 0 bridgehead atoms. The Kier molecular flexibility index (Phi) is 64.7. The molecule has 5 atom stereocenters. The minimum Gasteiger partial charge on any atom is -0.463 e. The van der Waals surface area contributed by atoms with Gasteiger partial charge in [-0.1, -0.05) is 235 Å². The standard InChI is InChI=1S/C77H122O16P2/c1-4-7-10-13-16-19-22-25-28-31-33-35-37-40-42-45-48-51-54-57-60-63-75(80)87-66-72(78)67-89-94(83,84)90-68-73(79)69-91-95(85,86)92-71-74(93-77(82)65-62-59-56-53-50-47-44-39-30-27-24-21-18-15-12-9-6-3)70-88-76(81)64-61-58-55-52-49-46-43-41-38-36-34-32-29-26-23-20-17-14-11-8-5-2/h7-12,16-21,25-30,33-36,40-44,47-48,51,72-74,78-79H,4-6,13-15,22-24,31-32,37-39,45-46,49-50,52-71H2,1-3H3,(H,83,84)(H,85,86)/b10-7-,11-8-,12-9-,19-16-,20-17-,21-18-,28-25-,29-26-,30-27-,35-33-,36-34-,42-40-,43-41-,47-44-,51-48-. The number of carbonyl (C=O) groups is 3. The minimum atomic E-state index is -4.95. The summed E-state index contributed by atoms with van der Waals surface area (Å²) in [7, 11) is -9.83. The molecule has 5 unspecified atom stereocenters. The second-order valence-corrected chi connectivity index (χ2v) is 25.4. The summed E-state index contributed by atoms with van der Waals surface area (Å²) in [6.07, 6.45) is 86.5. The third-order valence-corrected chi connectivity index (χ3v) is 15.5. The molecule has 0 radical (unpaired) electrons. The van der Waals surface area contributed by atoms with Gasteiger partial charge in [0.25, 0.3) is 0 Å². The summed E-state index contributed by atoms with van der Waals surface area (Å²) in [6.45, 7) is 2.18. The first-order chi connectivity index (χ1) is 46.2. The van der Waals surface area contributed by atoms with Crippen molar-refractivity contribution in [3.63, 3.8) is 0 Å². The first-order valence-corrected chi connectivity index (χ1v) is 38.1. The number of unbranched alkanes of at least 4 members (excludes halogenated alkanes) is 11. The lowest BCUT2D eigenvalue weighted by molar-refractivity contribution is -0.161. The maximum Gasteiger partial charge on any atom is 0.472 e. The molecule has 0 spiro atoms. The van der Waals surface area contributed by atoms with Crippen LogP contribution in [0.15, 0.2) is 182 Å². The number of ether oxygens (including phenoxy) is 3. The van der Waals surface area contributed by atoms with E-state index in [2.05, 4.69) is 203 Å². The fourth-order valence-electron chi connectivity index (χ4n) is 8.35. The summed E-state index contributed by atoms with van der Waals surface area (Å²) in [4.78, 5) is 58.5. The average molecular weight is 1370 g/mol. The zero-order chi connectivity index (χ0) is 69.5. The zero-order valence-electron chi connectivity index (χ0n) is 58.0. The predicted molar refractivity (Wildman–Crippen MR) is 389 cm³/mol. The van der Waals surface area contributed by atoms with E-state index in [0.29, 0.717) is 19.3 Å². The van der Waals surface area contributed by atoms with Gasteiger partial charge in [-0.3, -0.25) is 32.5 Å². The van der Waals surface area contributed by atoms with E-state index in [-0.39, 0.29) is 19.3 Å². The lowest BCUT2D eigenvalue weighted by Crippen LogP contribution is -2.30. The highest BCUT2D eigenvalue weighted by Crippen LogP contribution is 2.45. The van der Waals surface area contributed by atoms with Gasteiger partial charge in [0, 0.05) is 19.3 Å². The molecule has 0 heterocycles. The molecular formula is C77H122O16P2. The Morgan fingerprint density at radius 1 is 0.295 bits per heavy atom. The van der Waals surface area contributed by atoms with Gasteiger partial charge in [0.15, 0.2) is 6.10 Å². The topological polar surface area (TPSA) is 231 Å². The molecule has 0 fully saturated rings. The Morgan fingerprint density at radius 2 is 0.526 bits per heavy atom. The van der Waals surface area contributed by atoms with Crippen molar-refractivity contribution in [1.82, 2.24) is 0 Å². The fourth-order valence-corrected chi connectivity index (χ4v) is 9.94. The molecule has 536 valence electrons. The van der Waals surface area contributed by atoms with Crippen LogP contribution in [0, 0.1) is 0 Å². The van der Waals surface area contributed by atoms with Crippen LogP contribution in [0.5, 0.6) is 0 Å².